The molecule has 1 aromatic heterocycles. The Balaban J connectivity index is 1.52. The van der Waals surface area contributed by atoms with Crippen molar-refractivity contribution in [3.8, 4) is 0 Å². The molecule has 0 saturated heterocycles. The SMILES string of the molecule is CC(OC(=O)/C=C/c1ccc(S(=O)(=O)NCc2ccco2)cc1)C(=O)Nc1cccc(Cl)c1. The van der Waals surface area contributed by atoms with Gasteiger partial charge in [0.15, 0.2) is 6.10 Å². The molecule has 33 heavy (non-hydrogen) atoms. The van der Waals surface area contributed by atoms with Gasteiger partial charge in [0.2, 0.25) is 10.0 Å². The number of furan rings is 1. The van der Waals surface area contributed by atoms with Crippen LogP contribution in [0.1, 0.15) is 18.2 Å². The average Bonchev–Trinajstić information content (AvgIpc) is 3.30. The minimum atomic E-state index is -3.72. The Morgan fingerprint density at radius 2 is 1.88 bits per heavy atom. The van der Waals surface area contributed by atoms with Crippen LogP contribution < -0.4 is 10.0 Å². The van der Waals surface area contributed by atoms with Crippen LogP contribution in [0.15, 0.2) is 82.3 Å². The van der Waals surface area contributed by atoms with Crippen molar-refractivity contribution in [1.82, 2.24) is 4.72 Å². The summed E-state index contributed by atoms with van der Waals surface area (Å²) in [6.07, 6.45) is 3.04. The summed E-state index contributed by atoms with van der Waals surface area (Å²) in [7, 11) is -3.72. The van der Waals surface area contributed by atoms with E-state index in [1.165, 1.54) is 31.4 Å². The van der Waals surface area contributed by atoms with Crippen LogP contribution >= 0.6 is 11.6 Å². The van der Waals surface area contributed by atoms with E-state index in [1.54, 1.807) is 48.5 Å². The van der Waals surface area contributed by atoms with Gasteiger partial charge in [-0.3, -0.25) is 4.79 Å². The minimum Gasteiger partial charge on any atom is -0.468 e. The number of halogens is 1. The lowest BCUT2D eigenvalue weighted by molar-refractivity contribution is -0.148. The van der Waals surface area contributed by atoms with Crippen LogP contribution in [0.25, 0.3) is 6.08 Å². The number of esters is 1. The highest BCUT2D eigenvalue weighted by Gasteiger charge is 2.17. The van der Waals surface area contributed by atoms with Crippen LogP contribution in [0.2, 0.25) is 5.02 Å². The van der Waals surface area contributed by atoms with E-state index in [0.717, 1.165) is 6.08 Å². The summed E-state index contributed by atoms with van der Waals surface area (Å²) in [4.78, 5) is 24.3. The Labute approximate surface area is 196 Å². The van der Waals surface area contributed by atoms with Crippen molar-refractivity contribution < 1.29 is 27.2 Å². The Morgan fingerprint density at radius 1 is 1.12 bits per heavy atom. The third-order valence-electron chi connectivity index (χ3n) is 4.37. The standard InChI is InChI=1S/C23H21ClN2O6S/c1-16(23(28)26-19-5-2-4-18(24)14-19)32-22(27)12-9-17-7-10-21(11-8-17)33(29,30)25-15-20-6-3-13-31-20/h2-14,16,25H,15H2,1H3,(H,26,28)/b12-9+. The number of carbonyl (C=O) groups excluding carboxylic acids is 2. The van der Waals surface area contributed by atoms with Gasteiger partial charge in [-0.1, -0.05) is 29.8 Å². The Morgan fingerprint density at radius 3 is 2.55 bits per heavy atom. The minimum absolute atomic E-state index is 0.0336. The van der Waals surface area contributed by atoms with E-state index in [9.17, 15) is 18.0 Å². The number of amides is 1. The molecule has 0 aliphatic carbocycles. The molecule has 0 spiro atoms. The fourth-order valence-electron chi connectivity index (χ4n) is 2.66. The molecule has 1 heterocycles. The van der Waals surface area contributed by atoms with Crippen LogP contribution in [0.3, 0.4) is 0 Å². The number of carbonyl (C=O) groups is 2. The predicted molar refractivity (Wildman–Crippen MR) is 124 cm³/mol. The zero-order valence-electron chi connectivity index (χ0n) is 17.5. The third kappa shape index (κ3) is 7.31. The number of benzene rings is 2. The number of rotatable bonds is 9. The van der Waals surface area contributed by atoms with E-state index in [0.29, 0.717) is 22.0 Å². The molecule has 2 aromatic carbocycles. The van der Waals surface area contributed by atoms with Crippen molar-refractivity contribution in [2.24, 2.45) is 0 Å². The van der Waals surface area contributed by atoms with E-state index in [4.69, 9.17) is 20.8 Å². The highest BCUT2D eigenvalue weighted by molar-refractivity contribution is 7.89. The molecule has 0 radical (unpaired) electrons. The first kappa shape index (κ1) is 24.2. The molecular formula is C23H21ClN2O6S. The molecular weight excluding hydrogens is 468 g/mol. The quantitative estimate of drug-likeness (QED) is 0.347. The third-order valence-corrected chi connectivity index (χ3v) is 6.03. The molecule has 2 N–H and O–H groups in total. The van der Waals surface area contributed by atoms with Gasteiger partial charge in [-0.2, -0.15) is 0 Å². The first-order valence-corrected chi connectivity index (χ1v) is 11.7. The van der Waals surface area contributed by atoms with Crippen molar-refractivity contribution in [3.63, 3.8) is 0 Å². The van der Waals surface area contributed by atoms with Gasteiger partial charge in [-0.05, 0) is 61.0 Å². The number of sulfonamides is 1. The largest absolute Gasteiger partial charge is 0.468 e. The van der Waals surface area contributed by atoms with Gasteiger partial charge in [-0.25, -0.2) is 17.9 Å². The normalized spacial score (nSPS) is 12.4. The average molecular weight is 489 g/mol. The zero-order valence-corrected chi connectivity index (χ0v) is 19.1. The van der Waals surface area contributed by atoms with Crippen molar-refractivity contribution in [1.29, 1.82) is 0 Å². The molecule has 8 nitrogen and oxygen atoms in total. The van der Waals surface area contributed by atoms with Crippen molar-refractivity contribution in [2.45, 2.75) is 24.5 Å². The molecule has 3 aromatic rings. The lowest BCUT2D eigenvalue weighted by atomic mass is 10.2. The molecule has 1 amide bonds. The van der Waals surface area contributed by atoms with Crippen LogP contribution in [-0.4, -0.2) is 26.4 Å². The maximum atomic E-state index is 12.3. The maximum absolute atomic E-state index is 12.3. The summed E-state index contributed by atoms with van der Waals surface area (Å²) in [5, 5.41) is 3.07. The summed E-state index contributed by atoms with van der Waals surface area (Å²) in [5.74, 6) is -0.733. The number of anilines is 1. The Kier molecular flexibility index (Phi) is 8.05. The topological polar surface area (TPSA) is 115 Å². The van der Waals surface area contributed by atoms with E-state index < -0.39 is 28.0 Å². The van der Waals surface area contributed by atoms with Crippen LogP contribution in [0.4, 0.5) is 5.69 Å². The van der Waals surface area contributed by atoms with E-state index in [1.807, 2.05) is 0 Å². The van der Waals surface area contributed by atoms with Gasteiger partial charge in [0, 0.05) is 16.8 Å². The second-order valence-corrected chi connectivity index (χ2v) is 9.09. The first-order valence-electron chi connectivity index (χ1n) is 9.80. The molecule has 3 rings (SSSR count). The lowest BCUT2D eigenvalue weighted by Crippen LogP contribution is -2.29. The fourth-order valence-corrected chi connectivity index (χ4v) is 3.85. The van der Waals surface area contributed by atoms with Gasteiger partial charge < -0.3 is 14.5 Å². The summed E-state index contributed by atoms with van der Waals surface area (Å²) in [5.41, 5.74) is 1.06. The van der Waals surface area contributed by atoms with Crippen molar-refractivity contribution in [3.05, 3.63) is 89.3 Å². The van der Waals surface area contributed by atoms with Crippen molar-refractivity contribution >= 4 is 45.3 Å². The molecule has 10 heteroatoms. The molecule has 0 aliphatic rings. The lowest BCUT2D eigenvalue weighted by Gasteiger charge is -2.12. The summed E-state index contributed by atoms with van der Waals surface area (Å²) in [6.45, 7) is 1.48. The molecule has 0 saturated carbocycles. The fraction of sp³-hybridized carbons (Fsp3) is 0.130. The summed E-state index contributed by atoms with van der Waals surface area (Å²) >= 11 is 5.88. The second kappa shape index (κ2) is 11.0. The first-order chi connectivity index (χ1) is 15.7. The number of hydrogen-bond acceptors (Lipinski definition) is 6. The van der Waals surface area contributed by atoms with Crippen LogP contribution in [0.5, 0.6) is 0 Å². The van der Waals surface area contributed by atoms with Gasteiger partial charge in [0.1, 0.15) is 5.76 Å². The molecule has 1 unspecified atom stereocenters. The number of hydrogen-bond donors (Lipinski definition) is 2. The van der Waals surface area contributed by atoms with E-state index in [2.05, 4.69) is 10.0 Å². The molecule has 172 valence electrons. The number of nitrogens with one attached hydrogen (secondary N) is 2. The van der Waals surface area contributed by atoms with Crippen molar-refractivity contribution in [2.75, 3.05) is 5.32 Å². The van der Waals surface area contributed by atoms with Crippen LogP contribution in [-0.2, 0) is 30.9 Å². The molecule has 0 bridgehead atoms. The smallest absolute Gasteiger partial charge is 0.331 e. The van der Waals surface area contributed by atoms with Gasteiger partial charge >= 0.3 is 5.97 Å². The highest BCUT2D eigenvalue weighted by atomic mass is 35.5. The Hall–Kier alpha value is -3.40. The van der Waals surface area contributed by atoms with E-state index in [-0.39, 0.29) is 11.4 Å². The highest BCUT2D eigenvalue weighted by Crippen LogP contribution is 2.16. The van der Waals surface area contributed by atoms with E-state index >= 15 is 0 Å². The molecule has 0 fully saturated rings. The Bertz CT molecular complexity index is 1240. The second-order valence-electron chi connectivity index (χ2n) is 6.88. The molecule has 1 atom stereocenters. The van der Waals surface area contributed by atoms with Crippen LogP contribution in [0, 0.1) is 0 Å². The van der Waals surface area contributed by atoms with Gasteiger partial charge in [0.05, 0.1) is 17.7 Å². The predicted octanol–water partition coefficient (Wildman–Crippen LogP) is 4.00. The maximum Gasteiger partial charge on any atom is 0.331 e. The number of ether oxygens (including phenoxy) is 1. The zero-order chi connectivity index (χ0) is 23.8. The summed E-state index contributed by atoms with van der Waals surface area (Å²) < 4.78 is 37.3. The monoisotopic (exact) mass is 488 g/mol. The molecule has 0 aliphatic heterocycles. The van der Waals surface area contributed by atoms with Gasteiger partial charge in [0.25, 0.3) is 5.91 Å². The summed E-state index contributed by atoms with van der Waals surface area (Å²) in [6, 6.07) is 15.8. The van der Waals surface area contributed by atoms with Gasteiger partial charge in [-0.15, -0.1) is 0 Å².